The number of ether oxygens (including phenoxy) is 1. The second-order valence-corrected chi connectivity index (χ2v) is 4.78. The van der Waals surface area contributed by atoms with E-state index in [2.05, 4.69) is 38.1 Å². The summed E-state index contributed by atoms with van der Waals surface area (Å²) in [6.45, 7) is 4.28. The predicted octanol–water partition coefficient (Wildman–Crippen LogP) is 3.77. The smallest absolute Gasteiger partial charge is 0.308 e. The molecule has 1 atom stereocenters. The second kappa shape index (κ2) is 7.91. The van der Waals surface area contributed by atoms with Gasteiger partial charge < -0.3 is 4.74 Å². The largest absolute Gasteiger partial charge is 0.469 e. The van der Waals surface area contributed by atoms with Crippen LogP contribution in [0.25, 0.3) is 0 Å². The summed E-state index contributed by atoms with van der Waals surface area (Å²) >= 11 is 0. The number of hydrogen-bond acceptors (Lipinski definition) is 2. The van der Waals surface area contributed by atoms with Crippen LogP contribution in [-0.2, 0) is 22.4 Å². The van der Waals surface area contributed by atoms with Gasteiger partial charge in [-0.15, -0.1) is 0 Å². The van der Waals surface area contributed by atoms with Crippen molar-refractivity contribution in [1.29, 1.82) is 0 Å². The number of benzene rings is 1. The standard InChI is InChI=1S/C16H24O2/c1-4-6-13-8-10-14(11-9-13)12-15(7-5-2)16(17)18-3/h8-11,15H,4-7,12H2,1-3H3. The fourth-order valence-corrected chi connectivity index (χ4v) is 2.23. The lowest BCUT2D eigenvalue weighted by atomic mass is 9.94. The molecule has 1 unspecified atom stereocenters. The Morgan fingerprint density at radius 2 is 1.72 bits per heavy atom. The summed E-state index contributed by atoms with van der Waals surface area (Å²) in [5.74, 6) is -0.0912. The number of aryl methyl sites for hydroxylation is 1. The van der Waals surface area contributed by atoms with Crippen LogP contribution >= 0.6 is 0 Å². The first-order chi connectivity index (χ1) is 8.71. The summed E-state index contributed by atoms with van der Waals surface area (Å²) in [7, 11) is 1.47. The van der Waals surface area contributed by atoms with E-state index in [4.69, 9.17) is 4.74 Å². The topological polar surface area (TPSA) is 26.3 Å². The molecule has 0 radical (unpaired) electrons. The summed E-state index contributed by atoms with van der Waals surface area (Å²) in [5, 5.41) is 0. The molecule has 0 fully saturated rings. The molecule has 0 N–H and O–H groups in total. The summed E-state index contributed by atoms with van der Waals surface area (Å²) in [4.78, 5) is 11.7. The van der Waals surface area contributed by atoms with E-state index in [1.807, 2.05) is 0 Å². The molecule has 18 heavy (non-hydrogen) atoms. The van der Waals surface area contributed by atoms with E-state index in [1.165, 1.54) is 24.7 Å². The molecule has 2 nitrogen and oxygen atoms in total. The zero-order valence-corrected chi connectivity index (χ0v) is 11.7. The third-order valence-electron chi connectivity index (χ3n) is 3.22. The molecule has 0 aliphatic carbocycles. The van der Waals surface area contributed by atoms with E-state index in [1.54, 1.807) is 0 Å². The van der Waals surface area contributed by atoms with Gasteiger partial charge in [0.25, 0.3) is 0 Å². The average Bonchev–Trinajstić information content (AvgIpc) is 2.40. The van der Waals surface area contributed by atoms with E-state index >= 15 is 0 Å². The lowest BCUT2D eigenvalue weighted by Crippen LogP contribution is -2.18. The van der Waals surface area contributed by atoms with E-state index < -0.39 is 0 Å². The molecule has 0 bridgehead atoms. The van der Waals surface area contributed by atoms with Crippen LogP contribution in [0.2, 0.25) is 0 Å². The van der Waals surface area contributed by atoms with Gasteiger partial charge in [0.15, 0.2) is 0 Å². The Morgan fingerprint density at radius 1 is 1.11 bits per heavy atom. The molecular weight excluding hydrogens is 224 g/mol. The van der Waals surface area contributed by atoms with Crippen LogP contribution < -0.4 is 0 Å². The Balaban J connectivity index is 2.65. The highest BCUT2D eigenvalue weighted by molar-refractivity contribution is 5.72. The van der Waals surface area contributed by atoms with E-state index in [0.29, 0.717) is 0 Å². The number of methoxy groups -OCH3 is 1. The third kappa shape index (κ3) is 4.52. The van der Waals surface area contributed by atoms with Gasteiger partial charge in [0.1, 0.15) is 0 Å². The highest BCUT2D eigenvalue weighted by Gasteiger charge is 2.18. The fourth-order valence-electron chi connectivity index (χ4n) is 2.23. The number of esters is 1. The number of hydrogen-bond donors (Lipinski definition) is 0. The minimum atomic E-state index is -0.0884. The summed E-state index contributed by atoms with van der Waals surface area (Å²) in [6.07, 6.45) is 4.97. The van der Waals surface area contributed by atoms with Crippen molar-refractivity contribution in [3.05, 3.63) is 35.4 Å². The molecule has 0 amide bonds. The molecular formula is C16H24O2. The Kier molecular flexibility index (Phi) is 6.48. The zero-order valence-electron chi connectivity index (χ0n) is 11.7. The van der Waals surface area contributed by atoms with Crippen molar-refractivity contribution in [3.8, 4) is 0 Å². The first kappa shape index (κ1) is 14.7. The van der Waals surface area contributed by atoms with Gasteiger partial charge in [-0.2, -0.15) is 0 Å². The van der Waals surface area contributed by atoms with Crippen molar-refractivity contribution in [2.75, 3.05) is 7.11 Å². The first-order valence-electron chi connectivity index (χ1n) is 6.86. The molecule has 0 aliphatic heterocycles. The molecule has 2 heteroatoms. The predicted molar refractivity (Wildman–Crippen MR) is 74.6 cm³/mol. The molecule has 0 spiro atoms. The molecule has 100 valence electrons. The monoisotopic (exact) mass is 248 g/mol. The lowest BCUT2D eigenvalue weighted by molar-refractivity contribution is -0.145. The Labute approximate surface area is 110 Å². The van der Waals surface area contributed by atoms with Crippen LogP contribution in [0.15, 0.2) is 24.3 Å². The van der Waals surface area contributed by atoms with Gasteiger partial charge in [0.2, 0.25) is 0 Å². The van der Waals surface area contributed by atoms with Gasteiger partial charge in [-0.3, -0.25) is 4.79 Å². The maximum absolute atomic E-state index is 11.7. The van der Waals surface area contributed by atoms with Crippen molar-refractivity contribution in [2.24, 2.45) is 5.92 Å². The van der Waals surface area contributed by atoms with Crippen LogP contribution in [0, 0.1) is 5.92 Å². The number of carbonyl (C=O) groups excluding carboxylic acids is 1. The Hall–Kier alpha value is -1.31. The van der Waals surface area contributed by atoms with Gasteiger partial charge in [0.05, 0.1) is 13.0 Å². The number of carbonyl (C=O) groups is 1. The highest BCUT2D eigenvalue weighted by atomic mass is 16.5. The van der Waals surface area contributed by atoms with Crippen LogP contribution in [0.5, 0.6) is 0 Å². The second-order valence-electron chi connectivity index (χ2n) is 4.78. The Morgan fingerprint density at radius 3 is 2.22 bits per heavy atom. The van der Waals surface area contributed by atoms with Crippen LogP contribution in [0.1, 0.15) is 44.2 Å². The van der Waals surface area contributed by atoms with E-state index in [9.17, 15) is 4.79 Å². The van der Waals surface area contributed by atoms with Crippen molar-refractivity contribution in [2.45, 2.75) is 46.0 Å². The van der Waals surface area contributed by atoms with Gasteiger partial charge in [-0.25, -0.2) is 0 Å². The summed E-state index contributed by atoms with van der Waals surface area (Å²) < 4.78 is 4.86. The molecule has 0 saturated carbocycles. The molecule has 0 heterocycles. The molecule has 1 rings (SSSR count). The zero-order chi connectivity index (χ0) is 13.4. The number of rotatable bonds is 7. The van der Waals surface area contributed by atoms with Gasteiger partial charge in [0, 0.05) is 0 Å². The van der Waals surface area contributed by atoms with Crippen LogP contribution in [0.3, 0.4) is 0 Å². The maximum atomic E-state index is 11.7. The van der Waals surface area contributed by atoms with Gasteiger partial charge >= 0.3 is 5.97 Å². The highest BCUT2D eigenvalue weighted by Crippen LogP contribution is 2.17. The first-order valence-corrected chi connectivity index (χ1v) is 6.86. The summed E-state index contributed by atoms with van der Waals surface area (Å²) in [6, 6.07) is 8.60. The van der Waals surface area contributed by atoms with E-state index in [0.717, 1.165) is 25.7 Å². The molecule has 0 saturated heterocycles. The maximum Gasteiger partial charge on any atom is 0.308 e. The quantitative estimate of drug-likeness (QED) is 0.687. The Bertz CT molecular complexity index is 354. The van der Waals surface area contributed by atoms with Crippen LogP contribution in [-0.4, -0.2) is 13.1 Å². The molecule has 1 aromatic rings. The van der Waals surface area contributed by atoms with Crippen molar-refractivity contribution in [1.82, 2.24) is 0 Å². The molecule has 1 aromatic carbocycles. The van der Waals surface area contributed by atoms with Crippen molar-refractivity contribution >= 4 is 5.97 Å². The van der Waals surface area contributed by atoms with E-state index in [-0.39, 0.29) is 11.9 Å². The summed E-state index contributed by atoms with van der Waals surface area (Å²) in [5.41, 5.74) is 2.59. The molecule has 0 aliphatic rings. The van der Waals surface area contributed by atoms with Crippen molar-refractivity contribution < 1.29 is 9.53 Å². The lowest BCUT2D eigenvalue weighted by Gasteiger charge is -2.13. The van der Waals surface area contributed by atoms with Crippen molar-refractivity contribution in [3.63, 3.8) is 0 Å². The van der Waals surface area contributed by atoms with Gasteiger partial charge in [-0.1, -0.05) is 51.0 Å². The van der Waals surface area contributed by atoms with Crippen LogP contribution in [0.4, 0.5) is 0 Å². The normalized spacial score (nSPS) is 12.2. The van der Waals surface area contributed by atoms with Gasteiger partial charge in [-0.05, 0) is 30.4 Å². The molecule has 0 aromatic heterocycles. The minimum absolute atomic E-state index is 0.00275. The minimum Gasteiger partial charge on any atom is -0.469 e. The fraction of sp³-hybridized carbons (Fsp3) is 0.562. The average molecular weight is 248 g/mol. The third-order valence-corrected chi connectivity index (χ3v) is 3.22. The SMILES string of the molecule is CCCc1ccc(CC(CCC)C(=O)OC)cc1.